The van der Waals surface area contributed by atoms with E-state index in [1.807, 2.05) is 27.7 Å². The molecule has 184 valence electrons. The van der Waals surface area contributed by atoms with Gasteiger partial charge in [0.05, 0.1) is 50.3 Å². The molecule has 0 aliphatic heterocycles. The van der Waals surface area contributed by atoms with Crippen molar-refractivity contribution < 1.29 is 72.8 Å². The summed E-state index contributed by atoms with van der Waals surface area (Å²) in [5.41, 5.74) is 13.9. The van der Waals surface area contributed by atoms with Crippen molar-refractivity contribution in [2.45, 2.75) is 52.7 Å². The lowest BCUT2D eigenvalue weighted by atomic mass is 10.3. The normalized spacial score (nSPS) is 9.93. The first-order valence-corrected chi connectivity index (χ1v) is 9.08. The van der Waals surface area contributed by atoms with Crippen LogP contribution in [0.25, 0.3) is 0 Å². The summed E-state index contributed by atoms with van der Waals surface area (Å²) in [4.78, 5) is 38.3. The van der Waals surface area contributed by atoms with Crippen LogP contribution in [0.2, 0.25) is 0 Å². The molecule has 0 aromatic carbocycles. The number of carboxylic acid groups (broad SMARTS) is 4. The Labute approximate surface area is 176 Å². The topological polar surface area (TPSA) is 312 Å². The number of quaternary nitrogens is 4. The fourth-order valence-electron chi connectivity index (χ4n) is 0.482. The number of hydrogen-bond donors (Lipinski definition) is 6. The monoisotopic (exact) mass is 448 g/mol. The van der Waals surface area contributed by atoms with E-state index < -0.39 is 48.9 Å². The van der Waals surface area contributed by atoms with Crippen LogP contribution in [-0.2, 0) is 19.2 Å². The molecule has 0 heterocycles. The van der Waals surface area contributed by atoms with Crippen molar-refractivity contribution in [1.29, 1.82) is 0 Å². The minimum absolute atomic E-state index is 0.928. The van der Waals surface area contributed by atoms with Gasteiger partial charge in [0.2, 0.25) is 0 Å². The minimum atomic E-state index is -1.96. The van der Waals surface area contributed by atoms with Gasteiger partial charge in [0, 0.05) is 24.8 Å². The van der Waals surface area contributed by atoms with E-state index in [9.17, 15) is 39.6 Å². The molecular weight excluding hydrogens is 408 g/mol. The van der Waals surface area contributed by atoms with Gasteiger partial charge in [-0.25, -0.2) is 0 Å². The third kappa shape index (κ3) is 83.7. The zero-order valence-corrected chi connectivity index (χ0v) is 18.4. The zero-order chi connectivity index (χ0) is 25.7. The predicted octanol–water partition coefficient (Wildman–Crippen LogP) is -10.5. The van der Waals surface area contributed by atoms with E-state index in [2.05, 4.69) is 22.9 Å². The highest BCUT2D eigenvalue weighted by Gasteiger charge is 2.03. The molecule has 0 bridgehead atoms. The zero-order valence-electron chi connectivity index (χ0n) is 18.4. The first kappa shape index (κ1) is 41.9. The summed E-state index contributed by atoms with van der Waals surface area (Å²) >= 11 is 0. The fourth-order valence-corrected chi connectivity index (χ4v) is 0.482. The van der Waals surface area contributed by atoms with Crippen LogP contribution in [0.3, 0.4) is 0 Å². The average Bonchev–Trinajstić information content (AvgIpc) is 2.57. The molecule has 0 rings (SSSR count). The molecule has 14 heteroatoms. The Morgan fingerprint density at radius 1 is 0.600 bits per heavy atom. The molecule has 0 aliphatic rings. The molecule has 30 heavy (non-hydrogen) atoms. The number of rotatable bonds is 6. The summed E-state index contributed by atoms with van der Waals surface area (Å²) in [5.74, 6) is -6.85. The lowest BCUT2D eigenvalue weighted by molar-refractivity contribution is -0.362. The van der Waals surface area contributed by atoms with E-state index in [-0.39, 0.29) is 0 Å². The van der Waals surface area contributed by atoms with Crippen molar-refractivity contribution in [3.05, 3.63) is 0 Å². The molecular formula is C16H40N4O10. The first-order chi connectivity index (χ1) is 13.7. The Hall–Kier alpha value is -2.36. The highest BCUT2D eigenvalue weighted by molar-refractivity contribution is 5.77. The van der Waals surface area contributed by atoms with E-state index in [1.54, 1.807) is 0 Å². The van der Waals surface area contributed by atoms with Gasteiger partial charge in [0.1, 0.15) is 0 Å². The molecule has 0 saturated carbocycles. The molecule has 0 radical (unpaired) electrons. The lowest BCUT2D eigenvalue weighted by Gasteiger charge is -2.10. The molecule has 14 nitrogen and oxygen atoms in total. The Morgan fingerprint density at radius 3 is 0.767 bits per heavy atom. The summed E-state index contributed by atoms with van der Waals surface area (Å²) in [6.07, 6.45) is -5.78. The average molecular weight is 449 g/mol. The minimum Gasteiger partial charge on any atom is -0.550 e. The van der Waals surface area contributed by atoms with Gasteiger partial charge in [-0.2, -0.15) is 0 Å². The van der Waals surface area contributed by atoms with Gasteiger partial charge in [-0.3, -0.25) is 0 Å². The first-order valence-electron chi connectivity index (χ1n) is 9.08. The predicted molar refractivity (Wildman–Crippen MR) is 95.0 cm³/mol. The van der Waals surface area contributed by atoms with Gasteiger partial charge in [-0.15, -0.1) is 0 Å². The van der Waals surface area contributed by atoms with Crippen LogP contribution >= 0.6 is 0 Å². The quantitative estimate of drug-likeness (QED) is 0.222. The lowest BCUT2D eigenvalue weighted by Crippen LogP contribution is -2.48. The van der Waals surface area contributed by atoms with Crippen molar-refractivity contribution >= 4 is 23.9 Å². The standard InChI is InChI=1S/2C4H6O5.4C2H7N/c2*5-2(4(8)9)1-3(6)7;4*1-2-3/h2*2,5H,1H2,(H,6,7)(H,8,9);4*2-3H2,1H3. The van der Waals surface area contributed by atoms with E-state index in [1.165, 1.54) is 0 Å². The molecule has 0 spiro atoms. The summed E-state index contributed by atoms with van der Waals surface area (Å²) in [7, 11) is 0. The van der Waals surface area contributed by atoms with Crippen LogP contribution in [0, 0.1) is 0 Å². The van der Waals surface area contributed by atoms with E-state index in [0.29, 0.717) is 0 Å². The van der Waals surface area contributed by atoms with Crippen molar-refractivity contribution in [3.63, 3.8) is 0 Å². The number of carbonyl (C=O) groups excluding carboxylic acids is 4. The number of aliphatic hydroxyl groups is 2. The summed E-state index contributed by atoms with van der Waals surface area (Å²) in [6.45, 7) is 12.1. The van der Waals surface area contributed by atoms with Gasteiger partial charge in [-0.05, 0) is 27.7 Å². The van der Waals surface area contributed by atoms with Crippen molar-refractivity contribution in [2.24, 2.45) is 0 Å². The Kier molecular flexibility index (Phi) is 52.2. The fraction of sp³-hybridized carbons (Fsp3) is 0.750. The summed E-state index contributed by atoms with van der Waals surface area (Å²) in [6, 6.07) is 0. The Balaban J connectivity index is -0.0000000635. The maximum atomic E-state index is 9.58. The molecule has 0 amide bonds. The van der Waals surface area contributed by atoms with Crippen LogP contribution in [0.15, 0.2) is 0 Å². The van der Waals surface area contributed by atoms with E-state index in [0.717, 1.165) is 26.2 Å². The molecule has 0 aromatic heterocycles. The maximum absolute atomic E-state index is 9.58. The molecule has 2 unspecified atom stereocenters. The number of hydrogen-bond acceptors (Lipinski definition) is 10. The number of aliphatic carboxylic acids is 4. The molecule has 0 aromatic rings. The van der Waals surface area contributed by atoms with E-state index in [4.69, 9.17) is 10.2 Å². The van der Waals surface area contributed by atoms with Crippen LogP contribution in [0.4, 0.5) is 0 Å². The molecule has 0 saturated heterocycles. The van der Waals surface area contributed by atoms with Gasteiger partial charge < -0.3 is 72.8 Å². The number of carbonyl (C=O) groups is 4. The highest BCUT2D eigenvalue weighted by Crippen LogP contribution is 1.86. The smallest absolute Gasteiger partial charge is 0.0985 e. The summed E-state index contributed by atoms with van der Waals surface area (Å²) in [5, 5.41) is 54.7. The number of aliphatic hydroxyl groups excluding tert-OH is 2. The van der Waals surface area contributed by atoms with E-state index >= 15 is 0 Å². The largest absolute Gasteiger partial charge is 0.550 e. The third-order valence-electron chi connectivity index (χ3n) is 1.26. The molecule has 0 aliphatic carbocycles. The second-order valence-corrected chi connectivity index (χ2v) is 4.82. The van der Waals surface area contributed by atoms with Crippen LogP contribution in [0.5, 0.6) is 0 Å². The Morgan fingerprint density at radius 2 is 0.733 bits per heavy atom. The van der Waals surface area contributed by atoms with Crippen molar-refractivity contribution in [3.8, 4) is 0 Å². The van der Waals surface area contributed by atoms with Gasteiger partial charge in [0.15, 0.2) is 0 Å². The van der Waals surface area contributed by atoms with Gasteiger partial charge in [-0.1, -0.05) is 0 Å². The summed E-state index contributed by atoms with van der Waals surface area (Å²) < 4.78 is 0. The van der Waals surface area contributed by atoms with Crippen LogP contribution in [0.1, 0.15) is 40.5 Å². The SMILES string of the molecule is CC[NH3+].CC[NH3+].CC[NH3+].CC[NH3+].O=C([O-])CC(O)C(=O)[O-].O=C([O-])CC(O)C(=O)[O-]. The molecule has 0 fully saturated rings. The van der Waals surface area contributed by atoms with Crippen molar-refractivity contribution in [1.82, 2.24) is 0 Å². The molecule has 2 atom stereocenters. The third-order valence-corrected chi connectivity index (χ3v) is 1.26. The van der Waals surface area contributed by atoms with Gasteiger partial charge in [0.25, 0.3) is 0 Å². The van der Waals surface area contributed by atoms with Gasteiger partial charge >= 0.3 is 0 Å². The second kappa shape index (κ2) is 37.4. The highest BCUT2D eigenvalue weighted by atomic mass is 16.4. The van der Waals surface area contributed by atoms with Crippen LogP contribution in [-0.4, -0.2) is 72.5 Å². The van der Waals surface area contributed by atoms with Crippen LogP contribution < -0.4 is 43.4 Å². The maximum Gasteiger partial charge on any atom is 0.0985 e. The second-order valence-electron chi connectivity index (χ2n) is 4.82. The molecule has 14 N–H and O–H groups in total. The van der Waals surface area contributed by atoms with Crippen molar-refractivity contribution in [2.75, 3.05) is 26.2 Å². The Bertz CT molecular complexity index is 358. The number of carboxylic acids is 4.